The maximum Gasteiger partial charge on any atom is 0.0705 e. The average Bonchev–Trinajstić information content (AvgIpc) is 2.82. The molecule has 1 heterocycles. The fourth-order valence-corrected chi connectivity index (χ4v) is 4.21. The first-order valence-corrected chi connectivity index (χ1v) is 8.07. The molecular formula is C16H15BrOS. The highest BCUT2D eigenvalue weighted by molar-refractivity contribution is 9.10. The van der Waals surface area contributed by atoms with Crippen molar-refractivity contribution in [2.75, 3.05) is 0 Å². The van der Waals surface area contributed by atoms with Gasteiger partial charge in [0.1, 0.15) is 0 Å². The van der Waals surface area contributed by atoms with Crippen molar-refractivity contribution in [1.82, 2.24) is 0 Å². The van der Waals surface area contributed by atoms with Crippen LogP contribution in [0, 0.1) is 0 Å². The highest BCUT2D eigenvalue weighted by atomic mass is 79.9. The van der Waals surface area contributed by atoms with Gasteiger partial charge in [0.15, 0.2) is 0 Å². The zero-order chi connectivity index (χ0) is 13.2. The molecule has 2 unspecified atom stereocenters. The zero-order valence-corrected chi connectivity index (χ0v) is 12.8. The molecule has 2 atom stereocenters. The van der Waals surface area contributed by atoms with E-state index in [1.54, 1.807) is 11.8 Å². The summed E-state index contributed by atoms with van der Waals surface area (Å²) in [7, 11) is 0. The van der Waals surface area contributed by atoms with Gasteiger partial charge in [0.2, 0.25) is 0 Å². The van der Waals surface area contributed by atoms with Crippen molar-refractivity contribution in [2.24, 2.45) is 0 Å². The maximum absolute atomic E-state index is 10.4. The van der Waals surface area contributed by atoms with E-state index in [9.17, 15) is 5.11 Å². The van der Waals surface area contributed by atoms with E-state index in [2.05, 4.69) is 52.3 Å². The van der Waals surface area contributed by atoms with Gasteiger partial charge in [-0.05, 0) is 42.2 Å². The normalized spacial score (nSPS) is 19.2. The molecule has 0 saturated carbocycles. The number of thioether (sulfide) groups is 1. The summed E-state index contributed by atoms with van der Waals surface area (Å²) >= 11 is 5.28. The fourth-order valence-electron chi connectivity index (χ4n) is 2.46. The number of halogens is 1. The number of hydrogen-bond donors (Lipinski definition) is 1. The first kappa shape index (κ1) is 13.2. The van der Waals surface area contributed by atoms with E-state index < -0.39 is 0 Å². The topological polar surface area (TPSA) is 20.2 Å². The molecule has 3 heteroatoms. The third-order valence-corrected chi connectivity index (χ3v) is 5.36. The van der Waals surface area contributed by atoms with Crippen LogP contribution in [-0.2, 0) is 12.8 Å². The molecule has 0 fully saturated rings. The second-order valence-electron chi connectivity index (χ2n) is 4.87. The first-order chi connectivity index (χ1) is 9.22. The summed E-state index contributed by atoms with van der Waals surface area (Å²) < 4.78 is 1.07. The molecule has 0 aliphatic carbocycles. The predicted octanol–water partition coefficient (Wildman–Crippen LogP) is 4.07. The minimum absolute atomic E-state index is 0.274. The molecule has 1 aliphatic rings. The molecule has 1 aliphatic heterocycles. The van der Waals surface area contributed by atoms with Gasteiger partial charge in [-0.2, -0.15) is 0 Å². The van der Waals surface area contributed by atoms with E-state index in [1.807, 2.05) is 12.1 Å². The predicted molar refractivity (Wildman–Crippen MR) is 83.6 cm³/mol. The summed E-state index contributed by atoms with van der Waals surface area (Å²) in [6.45, 7) is 0. The van der Waals surface area contributed by atoms with Gasteiger partial charge in [-0.15, -0.1) is 11.8 Å². The largest absolute Gasteiger partial charge is 0.392 e. The molecule has 1 N–H and O–H groups in total. The summed E-state index contributed by atoms with van der Waals surface area (Å²) in [6, 6.07) is 16.6. The molecule has 2 aromatic rings. The molecular weight excluding hydrogens is 320 g/mol. The van der Waals surface area contributed by atoms with Gasteiger partial charge in [0, 0.05) is 14.6 Å². The van der Waals surface area contributed by atoms with Gasteiger partial charge >= 0.3 is 0 Å². The van der Waals surface area contributed by atoms with E-state index in [0.717, 1.165) is 10.9 Å². The van der Waals surface area contributed by atoms with Crippen LogP contribution < -0.4 is 0 Å². The second-order valence-corrected chi connectivity index (χ2v) is 7.07. The Bertz CT molecular complexity index is 559. The zero-order valence-electron chi connectivity index (χ0n) is 10.4. The van der Waals surface area contributed by atoms with Gasteiger partial charge in [0.05, 0.1) is 6.10 Å². The molecule has 0 spiro atoms. The Morgan fingerprint density at radius 2 is 2.05 bits per heavy atom. The van der Waals surface area contributed by atoms with Crippen LogP contribution in [0.25, 0.3) is 0 Å². The van der Waals surface area contributed by atoms with Crippen LogP contribution in [0.2, 0.25) is 0 Å². The van der Waals surface area contributed by atoms with E-state index in [4.69, 9.17) is 0 Å². The van der Waals surface area contributed by atoms with Crippen molar-refractivity contribution in [3.63, 3.8) is 0 Å². The quantitative estimate of drug-likeness (QED) is 0.912. The summed E-state index contributed by atoms with van der Waals surface area (Å²) in [6.07, 6.45) is 1.38. The Labute approximate surface area is 126 Å². The SMILES string of the molecule is OC(Cc1cccc(Br)c1)C1Cc2ccccc2S1. The van der Waals surface area contributed by atoms with Crippen molar-refractivity contribution < 1.29 is 5.11 Å². The van der Waals surface area contributed by atoms with Gasteiger partial charge in [-0.3, -0.25) is 0 Å². The van der Waals surface area contributed by atoms with Crippen molar-refractivity contribution >= 4 is 27.7 Å². The molecule has 19 heavy (non-hydrogen) atoms. The summed E-state index contributed by atoms with van der Waals surface area (Å²) in [5.74, 6) is 0. The van der Waals surface area contributed by atoms with Crippen LogP contribution >= 0.6 is 27.7 Å². The highest BCUT2D eigenvalue weighted by Crippen LogP contribution is 2.38. The van der Waals surface area contributed by atoms with Gasteiger partial charge in [-0.1, -0.05) is 46.3 Å². The number of hydrogen-bond acceptors (Lipinski definition) is 2. The van der Waals surface area contributed by atoms with Crippen LogP contribution in [-0.4, -0.2) is 16.5 Å². The summed E-state index contributed by atoms with van der Waals surface area (Å²) in [4.78, 5) is 1.32. The molecule has 0 radical (unpaired) electrons. The minimum atomic E-state index is -0.299. The third kappa shape index (κ3) is 3.04. The lowest BCUT2D eigenvalue weighted by Crippen LogP contribution is -2.24. The van der Waals surface area contributed by atoms with Crippen LogP contribution in [0.3, 0.4) is 0 Å². The number of aliphatic hydroxyl groups excluding tert-OH is 1. The number of benzene rings is 2. The lowest BCUT2D eigenvalue weighted by atomic mass is 10.0. The standard InChI is InChI=1S/C16H15BrOS/c17-13-6-3-4-11(8-13)9-14(18)16-10-12-5-1-2-7-15(12)19-16/h1-8,14,16,18H,9-10H2. The van der Waals surface area contributed by atoms with Crippen LogP contribution in [0.15, 0.2) is 57.9 Å². The average molecular weight is 335 g/mol. The highest BCUT2D eigenvalue weighted by Gasteiger charge is 2.28. The molecule has 1 nitrogen and oxygen atoms in total. The third-order valence-electron chi connectivity index (χ3n) is 3.44. The summed E-state index contributed by atoms with van der Waals surface area (Å²) in [5.41, 5.74) is 2.55. The number of fused-ring (bicyclic) bond motifs is 1. The fraction of sp³-hybridized carbons (Fsp3) is 0.250. The molecule has 3 rings (SSSR count). The van der Waals surface area contributed by atoms with Gasteiger partial charge < -0.3 is 5.11 Å². The lowest BCUT2D eigenvalue weighted by Gasteiger charge is -2.17. The van der Waals surface area contributed by atoms with Gasteiger partial charge in [-0.25, -0.2) is 0 Å². The molecule has 0 saturated heterocycles. The van der Waals surface area contributed by atoms with Crippen molar-refractivity contribution in [3.8, 4) is 0 Å². The molecule has 2 aromatic carbocycles. The molecule has 98 valence electrons. The summed E-state index contributed by atoms with van der Waals surface area (Å²) in [5, 5.41) is 10.7. The molecule has 0 amide bonds. The van der Waals surface area contributed by atoms with Crippen LogP contribution in [0.1, 0.15) is 11.1 Å². The Balaban J connectivity index is 1.68. The smallest absolute Gasteiger partial charge is 0.0705 e. The van der Waals surface area contributed by atoms with E-state index in [1.165, 1.54) is 16.0 Å². The van der Waals surface area contributed by atoms with Gasteiger partial charge in [0.25, 0.3) is 0 Å². The van der Waals surface area contributed by atoms with E-state index in [0.29, 0.717) is 6.42 Å². The van der Waals surface area contributed by atoms with E-state index >= 15 is 0 Å². The van der Waals surface area contributed by atoms with E-state index in [-0.39, 0.29) is 11.4 Å². The number of rotatable bonds is 3. The minimum Gasteiger partial charge on any atom is -0.392 e. The second kappa shape index (κ2) is 5.70. The van der Waals surface area contributed by atoms with Crippen molar-refractivity contribution in [3.05, 3.63) is 64.1 Å². The Hall–Kier alpha value is -0.770. The Morgan fingerprint density at radius 1 is 1.21 bits per heavy atom. The maximum atomic E-state index is 10.4. The Morgan fingerprint density at radius 3 is 2.84 bits per heavy atom. The van der Waals surface area contributed by atoms with Crippen LogP contribution in [0.5, 0.6) is 0 Å². The molecule has 0 bridgehead atoms. The van der Waals surface area contributed by atoms with Crippen molar-refractivity contribution in [2.45, 2.75) is 29.1 Å². The van der Waals surface area contributed by atoms with Crippen LogP contribution in [0.4, 0.5) is 0 Å². The number of aliphatic hydroxyl groups is 1. The molecule has 0 aromatic heterocycles. The van der Waals surface area contributed by atoms with Crippen molar-refractivity contribution in [1.29, 1.82) is 0 Å². The Kier molecular flexibility index (Phi) is 3.96. The monoisotopic (exact) mass is 334 g/mol. The lowest BCUT2D eigenvalue weighted by molar-refractivity contribution is 0.172. The first-order valence-electron chi connectivity index (χ1n) is 6.39.